The van der Waals surface area contributed by atoms with Gasteiger partial charge >= 0.3 is 6.18 Å². The maximum Gasteiger partial charge on any atom is 0.416 e. The standard InChI is InChI=1S/C25H29F4N5/c1-34(2)23-21-5-3-4-6-22(21)32-24(33-23)31-20-9-7-16(8-10-20)14-30-15-17-11-18(25(27,28)29)13-19(26)12-17/h3-6,11-13,16,20,30H,7-10,14-15H2,1-2H3,(H,31,32,33)/t16-,20+. The van der Waals surface area contributed by atoms with Crippen molar-refractivity contribution in [2.24, 2.45) is 5.92 Å². The number of halogens is 4. The fourth-order valence-electron chi connectivity index (χ4n) is 4.50. The van der Waals surface area contributed by atoms with Gasteiger partial charge in [0.1, 0.15) is 11.6 Å². The summed E-state index contributed by atoms with van der Waals surface area (Å²) >= 11 is 0. The Morgan fingerprint density at radius 2 is 1.74 bits per heavy atom. The highest BCUT2D eigenvalue weighted by Gasteiger charge is 2.31. The molecule has 1 saturated carbocycles. The Hall–Kier alpha value is -2.94. The summed E-state index contributed by atoms with van der Waals surface area (Å²) in [4.78, 5) is 11.4. The molecular formula is C25H29F4N5. The van der Waals surface area contributed by atoms with Crippen molar-refractivity contribution in [2.75, 3.05) is 30.9 Å². The van der Waals surface area contributed by atoms with Gasteiger partial charge in [-0.05, 0) is 74.0 Å². The molecule has 0 unspecified atom stereocenters. The lowest BCUT2D eigenvalue weighted by Crippen LogP contribution is -2.31. The van der Waals surface area contributed by atoms with Crippen LogP contribution in [-0.2, 0) is 12.7 Å². The number of hydrogen-bond donors (Lipinski definition) is 2. The molecule has 0 aliphatic heterocycles. The van der Waals surface area contributed by atoms with Gasteiger partial charge < -0.3 is 15.5 Å². The number of fused-ring (bicyclic) bond motifs is 1. The molecule has 3 aromatic rings. The van der Waals surface area contributed by atoms with E-state index in [0.717, 1.165) is 54.5 Å². The lowest BCUT2D eigenvalue weighted by atomic mass is 9.86. The molecule has 1 aliphatic rings. The van der Waals surface area contributed by atoms with Crippen molar-refractivity contribution in [3.8, 4) is 0 Å². The van der Waals surface area contributed by atoms with Crippen LogP contribution in [0, 0.1) is 11.7 Å². The molecule has 1 fully saturated rings. The highest BCUT2D eigenvalue weighted by Crippen LogP contribution is 2.31. The number of benzene rings is 2. The van der Waals surface area contributed by atoms with Crippen molar-refractivity contribution >= 4 is 22.7 Å². The predicted octanol–water partition coefficient (Wildman–Crippen LogP) is 5.61. The van der Waals surface area contributed by atoms with Crippen molar-refractivity contribution in [3.05, 3.63) is 59.4 Å². The Bertz CT molecular complexity index is 1120. The third-order valence-electron chi connectivity index (χ3n) is 6.23. The summed E-state index contributed by atoms with van der Waals surface area (Å²) in [7, 11) is 3.93. The predicted molar refractivity (Wildman–Crippen MR) is 126 cm³/mol. The number of rotatable bonds is 7. The van der Waals surface area contributed by atoms with Gasteiger partial charge in [0.05, 0.1) is 11.1 Å². The lowest BCUT2D eigenvalue weighted by Gasteiger charge is -2.29. The molecule has 9 heteroatoms. The van der Waals surface area contributed by atoms with Crippen LogP contribution in [0.5, 0.6) is 0 Å². The van der Waals surface area contributed by atoms with Gasteiger partial charge in [0.15, 0.2) is 0 Å². The van der Waals surface area contributed by atoms with Gasteiger partial charge in [-0.3, -0.25) is 0 Å². The zero-order valence-corrected chi connectivity index (χ0v) is 19.3. The first kappa shape index (κ1) is 24.2. The minimum atomic E-state index is -4.55. The number of hydrogen-bond acceptors (Lipinski definition) is 5. The van der Waals surface area contributed by atoms with E-state index in [1.54, 1.807) is 0 Å². The summed E-state index contributed by atoms with van der Waals surface area (Å²) in [6.45, 7) is 0.888. The van der Waals surface area contributed by atoms with E-state index in [2.05, 4.69) is 15.6 Å². The maximum atomic E-state index is 13.6. The first-order chi connectivity index (χ1) is 16.2. The molecule has 0 amide bonds. The Morgan fingerprint density at radius 1 is 1.00 bits per heavy atom. The third-order valence-corrected chi connectivity index (χ3v) is 6.23. The average molecular weight is 476 g/mol. The van der Waals surface area contributed by atoms with E-state index in [9.17, 15) is 17.6 Å². The van der Waals surface area contributed by atoms with Crippen LogP contribution < -0.4 is 15.5 Å². The fraction of sp³-hybridized carbons (Fsp3) is 0.440. The van der Waals surface area contributed by atoms with Crippen LogP contribution in [-0.4, -0.2) is 36.6 Å². The van der Waals surface area contributed by atoms with E-state index in [0.29, 0.717) is 30.0 Å². The quantitative estimate of drug-likeness (QED) is 0.435. The number of anilines is 2. The molecule has 0 spiro atoms. The molecule has 2 aromatic carbocycles. The maximum absolute atomic E-state index is 13.6. The minimum absolute atomic E-state index is 0.206. The summed E-state index contributed by atoms with van der Waals surface area (Å²) < 4.78 is 52.2. The van der Waals surface area contributed by atoms with E-state index in [-0.39, 0.29) is 12.6 Å². The van der Waals surface area contributed by atoms with E-state index in [1.165, 1.54) is 0 Å². The lowest BCUT2D eigenvalue weighted by molar-refractivity contribution is -0.137. The van der Waals surface area contributed by atoms with Gasteiger partial charge in [0, 0.05) is 32.1 Å². The highest BCUT2D eigenvalue weighted by atomic mass is 19.4. The SMILES string of the molecule is CN(C)c1nc(N[C@H]2CC[C@@H](CNCc3cc(F)cc(C(F)(F)F)c3)CC2)nc2ccccc12. The minimum Gasteiger partial charge on any atom is -0.362 e. The summed E-state index contributed by atoms with van der Waals surface area (Å²) in [6.07, 6.45) is -0.675. The number of alkyl halides is 3. The Balaban J connectivity index is 1.29. The number of aromatic nitrogens is 2. The smallest absolute Gasteiger partial charge is 0.362 e. The molecule has 182 valence electrons. The Kier molecular flexibility index (Phi) is 7.21. The number of nitrogens with zero attached hydrogens (tertiary/aromatic N) is 3. The molecule has 4 rings (SSSR count). The Labute approximate surface area is 196 Å². The molecule has 0 saturated heterocycles. The molecule has 2 N–H and O–H groups in total. The van der Waals surface area contributed by atoms with Crippen LogP contribution in [0.25, 0.3) is 10.9 Å². The van der Waals surface area contributed by atoms with Crippen LogP contribution in [0.2, 0.25) is 0 Å². The molecule has 34 heavy (non-hydrogen) atoms. The molecule has 0 atom stereocenters. The first-order valence-electron chi connectivity index (χ1n) is 11.5. The van der Waals surface area contributed by atoms with Crippen LogP contribution in [0.1, 0.15) is 36.8 Å². The van der Waals surface area contributed by atoms with E-state index in [4.69, 9.17) is 4.98 Å². The molecule has 1 aliphatic carbocycles. The molecule has 5 nitrogen and oxygen atoms in total. The zero-order chi connectivity index (χ0) is 24.3. The van der Waals surface area contributed by atoms with Crippen molar-refractivity contribution in [2.45, 2.75) is 44.4 Å². The van der Waals surface area contributed by atoms with E-state index in [1.807, 2.05) is 43.3 Å². The molecule has 0 radical (unpaired) electrons. The summed E-state index contributed by atoms with van der Waals surface area (Å²) in [5, 5.41) is 7.68. The van der Waals surface area contributed by atoms with Gasteiger partial charge in [-0.25, -0.2) is 9.37 Å². The molecule has 1 heterocycles. The van der Waals surface area contributed by atoms with Crippen LogP contribution in [0.15, 0.2) is 42.5 Å². The second kappa shape index (κ2) is 10.1. The average Bonchev–Trinajstić information content (AvgIpc) is 2.79. The number of nitrogens with one attached hydrogen (secondary N) is 2. The largest absolute Gasteiger partial charge is 0.416 e. The van der Waals surface area contributed by atoms with Crippen molar-refractivity contribution < 1.29 is 17.6 Å². The number of para-hydroxylation sites is 1. The van der Waals surface area contributed by atoms with Gasteiger partial charge in [-0.15, -0.1) is 0 Å². The van der Waals surface area contributed by atoms with E-state index >= 15 is 0 Å². The third kappa shape index (κ3) is 5.94. The second-order valence-electron chi connectivity index (χ2n) is 9.12. The Morgan fingerprint density at radius 3 is 2.44 bits per heavy atom. The van der Waals surface area contributed by atoms with Gasteiger partial charge in [-0.1, -0.05) is 12.1 Å². The van der Waals surface area contributed by atoms with Gasteiger partial charge in [0.2, 0.25) is 5.95 Å². The molecule has 0 bridgehead atoms. The second-order valence-corrected chi connectivity index (χ2v) is 9.12. The summed E-state index contributed by atoms with van der Waals surface area (Å²) in [6, 6.07) is 10.9. The normalized spacial score (nSPS) is 18.8. The van der Waals surface area contributed by atoms with Crippen LogP contribution in [0.4, 0.5) is 29.3 Å². The summed E-state index contributed by atoms with van der Waals surface area (Å²) in [5.74, 6) is 1.04. The monoisotopic (exact) mass is 475 g/mol. The van der Waals surface area contributed by atoms with Gasteiger partial charge in [0.25, 0.3) is 0 Å². The highest BCUT2D eigenvalue weighted by molar-refractivity contribution is 5.90. The fourth-order valence-corrected chi connectivity index (χ4v) is 4.50. The molecule has 1 aromatic heterocycles. The van der Waals surface area contributed by atoms with Crippen molar-refractivity contribution in [3.63, 3.8) is 0 Å². The van der Waals surface area contributed by atoms with Crippen LogP contribution in [0.3, 0.4) is 0 Å². The van der Waals surface area contributed by atoms with Crippen molar-refractivity contribution in [1.82, 2.24) is 15.3 Å². The first-order valence-corrected chi connectivity index (χ1v) is 11.5. The van der Waals surface area contributed by atoms with Crippen molar-refractivity contribution in [1.29, 1.82) is 0 Å². The van der Waals surface area contributed by atoms with E-state index < -0.39 is 17.6 Å². The summed E-state index contributed by atoms with van der Waals surface area (Å²) in [5.41, 5.74) is 0.240. The van der Waals surface area contributed by atoms with Gasteiger partial charge in [-0.2, -0.15) is 18.2 Å². The van der Waals surface area contributed by atoms with Crippen LogP contribution >= 0.6 is 0 Å². The molecular weight excluding hydrogens is 446 g/mol. The zero-order valence-electron chi connectivity index (χ0n) is 19.3. The topological polar surface area (TPSA) is 53.1 Å².